The molecule has 4 heteroatoms. The molecule has 0 heterocycles. The third-order valence-electron chi connectivity index (χ3n) is 3.67. The summed E-state index contributed by atoms with van der Waals surface area (Å²) in [5, 5.41) is 0. The van der Waals surface area contributed by atoms with Crippen LogP contribution in [0.15, 0.2) is 0 Å². The second kappa shape index (κ2) is 8.18. The van der Waals surface area contributed by atoms with Crippen LogP contribution in [0.5, 0.6) is 0 Å². The summed E-state index contributed by atoms with van der Waals surface area (Å²) in [6, 6.07) is 0. The van der Waals surface area contributed by atoms with Crippen molar-refractivity contribution >= 4 is 11.9 Å². The van der Waals surface area contributed by atoms with Crippen LogP contribution in [0, 0.1) is 11.3 Å². The van der Waals surface area contributed by atoms with E-state index in [1.165, 1.54) is 0 Å². The van der Waals surface area contributed by atoms with Crippen molar-refractivity contribution in [1.29, 1.82) is 0 Å². The Labute approximate surface area is 116 Å². The number of carbonyl (C=O) groups is 2. The fraction of sp³-hybridized carbons (Fsp3) is 0.867. The van der Waals surface area contributed by atoms with E-state index in [1.807, 2.05) is 34.6 Å². The lowest BCUT2D eigenvalue weighted by Crippen LogP contribution is -2.43. The van der Waals surface area contributed by atoms with Gasteiger partial charge in [-0.2, -0.15) is 0 Å². The van der Waals surface area contributed by atoms with Crippen LogP contribution in [-0.2, 0) is 19.1 Å². The maximum atomic E-state index is 12.4. The van der Waals surface area contributed by atoms with Crippen molar-refractivity contribution < 1.29 is 19.1 Å². The predicted octanol–water partition coefficient (Wildman–Crippen LogP) is 3.33. The van der Waals surface area contributed by atoms with E-state index in [4.69, 9.17) is 9.47 Å². The molecular weight excluding hydrogens is 244 g/mol. The van der Waals surface area contributed by atoms with Gasteiger partial charge in [0, 0.05) is 0 Å². The molecule has 0 amide bonds. The van der Waals surface area contributed by atoms with E-state index in [-0.39, 0.29) is 18.6 Å². The topological polar surface area (TPSA) is 52.6 Å². The summed E-state index contributed by atoms with van der Waals surface area (Å²) in [5.41, 5.74) is -1.15. The molecule has 0 aromatic carbocycles. The zero-order valence-corrected chi connectivity index (χ0v) is 13.1. The minimum Gasteiger partial charge on any atom is -0.465 e. The molecule has 0 saturated heterocycles. The molecule has 0 aliphatic carbocycles. The molecule has 112 valence electrons. The number of hydrogen-bond donors (Lipinski definition) is 0. The monoisotopic (exact) mass is 272 g/mol. The smallest absolute Gasteiger partial charge is 0.323 e. The zero-order valence-electron chi connectivity index (χ0n) is 13.1. The van der Waals surface area contributed by atoms with E-state index < -0.39 is 17.4 Å². The molecule has 0 aromatic rings. The first kappa shape index (κ1) is 17.9. The van der Waals surface area contributed by atoms with Crippen molar-refractivity contribution in [3.05, 3.63) is 0 Å². The molecule has 0 aliphatic rings. The fourth-order valence-electron chi connectivity index (χ4n) is 2.12. The third kappa shape index (κ3) is 4.22. The highest BCUT2D eigenvalue weighted by Crippen LogP contribution is 2.31. The van der Waals surface area contributed by atoms with Gasteiger partial charge in [0.25, 0.3) is 0 Å². The van der Waals surface area contributed by atoms with E-state index in [9.17, 15) is 9.59 Å². The lowest BCUT2D eigenvalue weighted by molar-refractivity contribution is -0.178. The summed E-state index contributed by atoms with van der Waals surface area (Å²) in [7, 11) is 0. The van der Waals surface area contributed by atoms with Crippen LogP contribution in [0.4, 0.5) is 0 Å². The Balaban J connectivity index is 5.07. The number of rotatable bonds is 8. The Bertz CT molecular complexity index is 293. The Morgan fingerprint density at radius 1 is 1.00 bits per heavy atom. The molecule has 19 heavy (non-hydrogen) atoms. The lowest BCUT2D eigenvalue weighted by atomic mass is 9.82. The lowest BCUT2D eigenvalue weighted by Gasteiger charge is -2.30. The van der Waals surface area contributed by atoms with Gasteiger partial charge in [-0.05, 0) is 32.1 Å². The largest absolute Gasteiger partial charge is 0.465 e. The highest BCUT2D eigenvalue weighted by atomic mass is 16.6. The van der Waals surface area contributed by atoms with Crippen molar-refractivity contribution in [2.45, 2.75) is 66.9 Å². The molecule has 0 bridgehead atoms. The average molecular weight is 272 g/mol. The first-order valence-electron chi connectivity index (χ1n) is 7.27. The van der Waals surface area contributed by atoms with Gasteiger partial charge >= 0.3 is 11.9 Å². The van der Waals surface area contributed by atoms with E-state index in [0.717, 1.165) is 6.42 Å². The average Bonchev–Trinajstić information content (AvgIpc) is 2.38. The van der Waals surface area contributed by atoms with Gasteiger partial charge in [0.1, 0.15) is 6.10 Å². The zero-order chi connectivity index (χ0) is 15.1. The maximum Gasteiger partial charge on any atom is 0.323 e. The Morgan fingerprint density at radius 3 is 1.84 bits per heavy atom. The maximum absolute atomic E-state index is 12.4. The van der Waals surface area contributed by atoms with Crippen LogP contribution in [0.2, 0.25) is 0 Å². The fourth-order valence-corrected chi connectivity index (χ4v) is 2.12. The van der Waals surface area contributed by atoms with Gasteiger partial charge < -0.3 is 9.47 Å². The van der Waals surface area contributed by atoms with Crippen molar-refractivity contribution in [2.75, 3.05) is 6.61 Å². The standard InChI is InChI=1S/C15H28O4/c1-7-12(11(5)6)19-14(17)15(8-2,9-3)13(16)18-10-4/h11-12H,7-10H2,1-6H3. The van der Waals surface area contributed by atoms with E-state index in [0.29, 0.717) is 12.8 Å². The van der Waals surface area contributed by atoms with Gasteiger partial charge in [-0.3, -0.25) is 9.59 Å². The third-order valence-corrected chi connectivity index (χ3v) is 3.67. The summed E-state index contributed by atoms with van der Waals surface area (Å²) in [6.07, 6.45) is 1.39. The SMILES string of the molecule is CCOC(=O)C(CC)(CC)C(=O)OC(CC)C(C)C. The summed E-state index contributed by atoms with van der Waals surface area (Å²) in [6.45, 7) is 11.6. The van der Waals surface area contributed by atoms with Gasteiger partial charge in [0.05, 0.1) is 6.61 Å². The first-order valence-corrected chi connectivity index (χ1v) is 7.27. The summed E-state index contributed by atoms with van der Waals surface area (Å²) >= 11 is 0. The molecule has 0 aromatic heterocycles. The van der Waals surface area contributed by atoms with Crippen molar-refractivity contribution in [2.24, 2.45) is 11.3 Å². The van der Waals surface area contributed by atoms with Crippen LogP contribution in [0.3, 0.4) is 0 Å². The highest BCUT2D eigenvalue weighted by molar-refractivity contribution is 6.00. The van der Waals surface area contributed by atoms with Crippen molar-refractivity contribution in [3.8, 4) is 0 Å². The molecule has 0 fully saturated rings. The van der Waals surface area contributed by atoms with E-state index >= 15 is 0 Å². The van der Waals surface area contributed by atoms with Crippen LogP contribution in [-0.4, -0.2) is 24.6 Å². The number of ether oxygens (including phenoxy) is 2. The quantitative estimate of drug-likeness (QED) is 0.502. The minimum absolute atomic E-state index is 0.153. The molecule has 1 atom stereocenters. The van der Waals surface area contributed by atoms with E-state index in [1.54, 1.807) is 6.92 Å². The number of hydrogen-bond acceptors (Lipinski definition) is 4. The molecule has 0 aliphatic heterocycles. The van der Waals surface area contributed by atoms with Crippen LogP contribution in [0.25, 0.3) is 0 Å². The van der Waals surface area contributed by atoms with Gasteiger partial charge in [-0.25, -0.2) is 0 Å². The molecule has 1 unspecified atom stereocenters. The highest BCUT2D eigenvalue weighted by Gasteiger charge is 2.46. The molecule has 0 rings (SSSR count). The second-order valence-corrected chi connectivity index (χ2v) is 5.11. The van der Waals surface area contributed by atoms with Gasteiger partial charge in [-0.15, -0.1) is 0 Å². The van der Waals surface area contributed by atoms with Crippen LogP contribution < -0.4 is 0 Å². The normalized spacial score (nSPS) is 13.2. The summed E-state index contributed by atoms with van der Waals surface area (Å²) < 4.78 is 10.6. The number of esters is 2. The Hall–Kier alpha value is -1.06. The van der Waals surface area contributed by atoms with Crippen LogP contribution >= 0.6 is 0 Å². The number of carbonyl (C=O) groups excluding carboxylic acids is 2. The van der Waals surface area contributed by atoms with Crippen molar-refractivity contribution in [3.63, 3.8) is 0 Å². The van der Waals surface area contributed by atoms with Gasteiger partial charge in [-0.1, -0.05) is 34.6 Å². The summed E-state index contributed by atoms with van der Waals surface area (Å²) in [5.74, 6) is -0.678. The molecule has 0 saturated carbocycles. The Morgan fingerprint density at radius 2 is 1.53 bits per heavy atom. The van der Waals surface area contributed by atoms with Crippen molar-refractivity contribution in [1.82, 2.24) is 0 Å². The molecule has 0 radical (unpaired) electrons. The summed E-state index contributed by atoms with van der Waals surface area (Å²) in [4.78, 5) is 24.5. The molecular formula is C15H28O4. The Kier molecular flexibility index (Phi) is 7.72. The van der Waals surface area contributed by atoms with Gasteiger partial charge in [0.2, 0.25) is 0 Å². The minimum atomic E-state index is -1.15. The first-order chi connectivity index (χ1) is 8.89. The molecule has 4 nitrogen and oxygen atoms in total. The second-order valence-electron chi connectivity index (χ2n) is 5.11. The van der Waals surface area contributed by atoms with E-state index in [2.05, 4.69) is 0 Å². The molecule has 0 spiro atoms. The molecule has 0 N–H and O–H groups in total. The van der Waals surface area contributed by atoms with Crippen LogP contribution in [0.1, 0.15) is 60.8 Å². The predicted molar refractivity (Wildman–Crippen MR) is 74.7 cm³/mol. The van der Waals surface area contributed by atoms with Gasteiger partial charge in [0.15, 0.2) is 5.41 Å².